The normalized spacial score (nSPS) is 14.1. The quantitative estimate of drug-likeness (QED) is 0.792. The SMILES string of the molecule is Cc1ccc2c(c1)C(=O)N(CCC(=O)O)C2=O. The molecule has 0 spiro atoms. The van der Waals surface area contributed by atoms with Crippen LogP contribution in [0.3, 0.4) is 0 Å². The van der Waals surface area contributed by atoms with Gasteiger partial charge in [-0.05, 0) is 19.1 Å². The molecule has 0 saturated heterocycles. The second-order valence-corrected chi connectivity index (χ2v) is 3.95. The highest BCUT2D eigenvalue weighted by Gasteiger charge is 2.35. The zero-order chi connectivity index (χ0) is 12.6. The first-order valence-electron chi connectivity index (χ1n) is 5.19. The summed E-state index contributed by atoms with van der Waals surface area (Å²) < 4.78 is 0. The van der Waals surface area contributed by atoms with E-state index in [0.29, 0.717) is 11.1 Å². The van der Waals surface area contributed by atoms with Crippen LogP contribution in [0.2, 0.25) is 0 Å². The van der Waals surface area contributed by atoms with Gasteiger partial charge in [-0.15, -0.1) is 0 Å². The number of aliphatic carboxylic acids is 1. The van der Waals surface area contributed by atoms with Crippen molar-refractivity contribution in [3.05, 3.63) is 34.9 Å². The predicted octanol–water partition coefficient (Wildman–Crippen LogP) is 1.07. The fourth-order valence-corrected chi connectivity index (χ4v) is 1.82. The molecule has 1 aliphatic rings. The zero-order valence-corrected chi connectivity index (χ0v) is 9.27. The van der Waals surface area contributed by atoms with Crippen LogP contribution in [0.15, 0.2) is 18.2 Å². The van der Waals surface area contributed by atoms with Gasteiger partial charge in [-0.1, -0.05) is 11.6 Å². The second kappa shape index (κ2) is 4.01. The molecule has 1 aliphatic heterocycles. The molecular formula is C12H11NO4. The van der Waals surface area contributed by atoms with Crippen LogP contribution in [0.5, 0.6) is 0 Å². The summed E-state index contributed by atoms with van der Waals surface area (Å²) in [6.07, 6.45) is -0.232. The summed E-state index contributed by atoms with van der Waals surface area (Å²) in [6.45, 7) is 1.75. The Balaban J connectivity index is 2.29. The second-order valence-electron chi connectivity index (χ2n) is 3.95. The van der Waals surface area contributed by atoms with Crippen molar-refractivity contribution in [2.24, 2.45) is 0 Å². The first-order valence-corrected chi connectivity index (χ1v) is 5.19. The molecule has 0 fully saturated rings. The van der Waals surface area contributed by atoms with Gasteiger partial charge >= 0.3 is 5.97 Å². The van der Waals surface area contributed by atoms with E-state index in [1.165, 1.54) is 0 Å². The number of nitrogens with zero attached hydrogens (tertiary/aromatic N) is 1. The Morgan fingerprint density at radius 1 is 1.24 bits per heavy atom. The summed E-state index contributed by atoms with van der Waals surface area (Å²) in [5.74, 6) is -1.85. The van der Waals surface area contributed by atoms with Crippen molar-refractivity contribution in [2.45, 2.75) is 13.3 Å². The van der Waals surface area contributed by atoms with Gasteiger partial charge in [-0.3, -0.25) is 19.3 Å². The van der Waals surface area contributed by atoms with Crippen LogP contribution < -0.4 is 0 Å². The smallest absolute Gasteiger partial charge is 0.305 e. The molecule has 1 aromatic rings. The van der Waals surface area contributed by atoms with Crippen LogP contribution in [0.1, 0.15) is 32.7 Å². The number of hydrogen-bond acceptors (Lipinski definition) is 3. The van der Waals surface area contributed by atoms with Gasteiger partial charge in [-0.2, -0.15) is 0 Å². The van der Waals surface area contributed by atoms with Crippen molar-refractivity contribution in [3.8, 4) is 0 Å². The largest absolute Gasteiger partial charge is 0.481 e. The summed E-state index contributed by atoms with van der Waals surface area (Å²) >= 11 is 0. The number of rotatable bonds is 3. The fourth-order valence-electron chi connectivity index (χ4n) is 1.82. The molecule has 2 amide bonds. The molecule has 0 saturated carbocycles. The monoisotopic (exact) mass is 233 g/mol. The number of imide groups is 1. The minimum atomic E-state index is -1.03. The van der Waals surface area contributed by atoms with Crippen LogP contribution in [0, 0.1) is 6.92 Å². The van der Waals surface area contributed by atoms with Gasteiger partial charge < -0.3 is 5.11 Å². The van der Waals surface area contributed by atoms with Gasteiger partial charge in [0.2, 0.25) is 0 Å². The van der Waals surface area contributed by atoms with Crippen molar-refractivity contribution in [1.82, 2.24) is 4.90 Å². The topological polar surface area (TPSA) is 74.7 Å². The van der Waals surface area contributed by atoms with Crippen molar-refractivity contribution >= 4 is 17.8 Å². The van der Waals surface area contributed by atoms with Gasteiger partial charge in [0.25, 0.3) is 11.8 Å². The molecule has 2 rings (SSSR count). The summed E-state index contributed by atoms with van der Waals surface area (Å²) in [7, 11) is 0. The molecule has 17 heavy (non-hydrogen) atoms. The van der Waals surface area contributed by atoms with Gasteiger partial charge in [0.15, 0.2) is 0 Å². The summed E-state index contributed by atoms with van der Waals surface area (Å²) in [6, 6.07) is 5.01. The first kappa shape index (κ1) is 11.3. The Hall–Kier alpha value is -2.17. The molecule has 0 aliphatic carbocycles. The first-order chi connectivity index (χ1) is 8.00. The number of carboxylic acids is 1. The van der Waals surface area contributed by atoms with Gasteiger partial charge in [-0.25, -0.2) is 0 Å². The van der Waals surface area contributed by atoms with E-state index >= 15 is 0 Å². The van der Waals surface area contributed by atoms with Crippen LogP contribution in [-0.4, -0.2) is 34.3 Å². The lowest BCUT2D eigenvalue weighted by Crippen LogP contribution is -2.31. The van der Waals surface area contributed by atoms with Crippen LogP contribution in [0.4, 0.5) is 0 Å². The van der Waals surface area contributed by atoms with E-state index in [0.717, 1.165) is 10.5 Å². The van der Waals surface area contributed by atoms with Crippen LogP contribution in [-0.2, 0) is 4.79 Å². The average Bonchev–Trinajstić information content (AvgIpc) is 2.49. The van der Waals surface area contributed by atoms with Gasteiger partial charge in [0.1, 0.15) is 0 Å². The number of carboxylic acid groups (broad SMARTS) is 1. The number of fused-ring (bicyclic) bond motifs is 1. The Morgan fingerprint density at radius 3 is 2.53 bits per heavy atom. The third kappa shape index (κ3) is 1.91. The molecule has 0 unspecified atom stereocenters. The van der Waals surface area contributed by atoms with Crippen molar-refractivity contribution < 1.29 is 19.5 Å². The Morgan fingerprint density at radius 2 is 1.88 bits per heavy atom. The third-order valence-corrected chi connectivity index (χ3v) is 2.68. The molecule has 0 bridgehead atoms. The van der Waals surface area contributed by atoms with E-state index in [1.54, 1.807) is 18.2 Å². The Bertz CT molecular complexity index is 521. The highest BCUT2D eigenvalue weighted by Crippen LogP contribution is 2.23. The lowest BCUT2D eigenvalue weighted by molar-refractivity contribution is -0.137. The summed E-state index contributed by atoms with van der Waals surface area (Å²) in [4.78, 5) is 35.2. The van der Waals surface area contributed by atoms with E-state index in [4.69, 9.17) is 5.11 Å². The van der Waals surface area contributed by atoms with Crippen molar-refractivity contribution in [3.63, 3.8) is 0 Å². The third-order valence-electron chi connectivity index (χ3n) is 2.68. The van der Waals surface area contributed by atoms with Gasteiger partial charge in [0, 0.05) is 6.54 Å². The highest BCUT2D eigenvalue weighted by atomic mass is 16.4. The summed E-state index contributed by atoms with van der Waals surface area (Å²) in [5.41, 5.74) is 1.61. The molecule has 0 aromatic heterocycles. The molecule has 1 aromatic carbocycles. The maximum Gasteiger partial charge on any atom is 0.305 e. The molecule has 5 heteroatoms. The van der Waals surface area contributed by atoms with E-state index in [1.807, 2.05) is 6.92 Å². The molecule has 1 heterocycles. The Kier molecular flexibility index (Phi) is 2.67. The lowest BCUT2D eigenvalue weighted by Gasteiger charge is -2.11. The molecule has 88 valence electrons. The number of aryl methyl sites for hydroxylation is 1. The maximum atomic E-state index is 11.9. The van der Waals surface area contributed by atoms with E-state index < -0.39 is 17.8 Å². The Labute approximate surface area is 97.7 Å². The minimum Gasteiger partial charge on any atom is -0.481 e. The zero-order valence-electron chi connectivity index (χ0n) is 9.27. The molecule has 1 N–H and O–H groups in total. The average molecular weight is 233 g/mol. The molecule has 0 atom stereocenters. The van der Waals surface area contributed by atoms with E-state index in [2.05, 4.69) is 0 Å². The molecular weight excluding hydrogens is 222 g/mol. The molecule has 0 radical (unpaired) electrons. The van der Waals surface area contributed by atoms with Crippen molar-refractivity contribution in [2.75, 3.05) is 6.54 Å². The number of carbonyl (C=O) groups is 3. The number of amides is 2. The number of carbonyl (C=O) groups excluding carboxylic acids is 2. The van der Waals surface area contributed by atoms with Gasteiger partial charge in [0.05, 0.1) is 17.5 Å². The van der Waals surface area contributed by atoms with E-state index in [-0.39, 0.29) is 13.0 Å². The van der Waals surface area contributed by atoms with Crippen molar-refractivity contribution in [1.29, 1.82) is 0 Å². The maximum absolute atomic E-state index is 11.9. The van der Waals surface area contributed by atoms with E-state index in [9.17, 15) is 14.4 Å². The number of hydrogen-bond donors (Lipinski definition) is 1. The highest BCUT2D eigenvalue weighted by molar-refractivity contribution is 6.21. The standard InChI is InChI=1S/C12H11NO4/c1-7-2-3-8-9(6-7)12(17)13(11(8)16)5-4-10(14)15/h2-3,6H,4-5H2,1H3,(H,14,15). The van der Waals surface area contributed by atoms with Crippen LogP contribution >= 0.6 is 0 Å². The summed E-state index contributed by atoms with van der Waals surface area (Å²) in [5, 5.41) is 8.56. The minimum absolute atomic E-state index is 0.0826. The molecule has 5 nitrogen and oxygen atoms in total. The predicted molar refractivity (Wildman–Crippen MR) is 58.8 cm³/mol. The number of benzene rings is 1. The van der Waals surface area contributed by atoms with Crippen LogP contribution in [0.25, 0.3) is 0 Å². The fraction of sp³-hybridized carbons (Fsp3) is 0.250. The lowest BCUT2D eigenvalue weighted by atomic mass is 10.1.